The van der Waals surface area contributed by atoms with E-state index in [9.17, 15) is 0 Å². The molecule has 1 aliphatic carbocycles. The molecule has 10 rings (SSSR count). The Kier molecular flexibility index (Phi) is 5.37. The monoisotopic (exact) mass is 601 g/mol. The zero-order valence-corrected chi connectivity index (χ0v) is 26.3. The molecule has 0 saturated heterocycles. The molecule has 1 heterocycles. The smallest absolute Gasteiger partial charge is 0.135 e. The van der Waals surface area contributed by atoms with Crippen LogP contribution in [0.25, 0.3) is 65.4 Å². The third kappa shape index (κ3) is 3.79. The molecular weight excluding hydrogens is 571 g/mol. The topological polar surface area (TPSA) is 16.4 Å². The number of benzene rings is 8. The van der Waals surface area contributed by atoms with Crippen molar-refractivity contribution in [3.05, 3.63) is 163 Å². The maximum atomic E-state index is 6.24. The standard InChI is InChI=1S/C45H31NO/c1-45(2)40-13-7-5-11-36(40)37-23-20-33(27-41(37)45)46(32-21-24-43-39(26-32)38-12-6-8-14-42(38)47-43)31-19-22-35-30(25-31)18-17-29-16-15-28-9-3-4-10-34(28)44(29)35/h3-27H,1-2H3. The van der Waals surface area contributed by atoms with E-state index < -0.39 is 0 Å². The van der Waals surface area contributed by atoms with Crippen LogP contribution in [0.5, 0.6) is 0 Å². The van der Waals surface area contributed by atoms with Crippen molar-refractivity contribution in [2.75, 3.05) is 4.90 Å². The first-order valence-corrected chi connectivity index (χ1v) is 16.3. The fraction of sp³-hybridized carbons (Fsp3) is 0.0667. The lowest BCUT2D eigenvalue weighted by molar-refractivity contribution is 0.660. The third-order valence-electron chi connectivity index (χ3n) is 10.4. The van der Waals surface area contributed by atoms with Crippen LogP contribution >= 0.6 is 0 Å². The summed E-state index contributed by atoms with van der Waals surface area (Å²) < 4.78 is 6.24. The minimum Gasteiger partial charge on any atom is -0.456 e. The van der Waals surface area contributed by atoms with E-state index in [0.717, 1.165) is 39.0 Å². The van der Waals surface area contributed by atoms with Crippen LogP contribution in [0.3, 0.4) is 0 Å². The summed E-state index contributed by atoms with van der Waals surface area (Å²) in [6.45, 7) is 4.70. The molecule has 0 unspecified atom stereocenters. The maximum Gasteiger partial charge on any atom is 0.135 e. The van der Waals surface area contributed by atoms with Crippen molar-refractivity contribution in [2.45, 2.75) is 19.3 Å². The van der Waals surface area contributed by atoms with Crippen molar-refractivity contribution >= 4 is 71.3 Å². The van der Waals surface area contributed by atoms with Gasteiger partial charge in [-0.15, -0.1) is 0 Å². The number of hydrogen-bond acceptors (Lipinski definition) is 2. The summed E-state index contributed by atoms with van der Waals surface area (Å²) in [6.07, 6.45) is 0. The predicted octanol–water partition coefficient (Wildman–Crippen LogP) is 12.8. The Labute approximate surface area is 273 Å². The van der Waals surface area contributed by atoms with Crippen LogP contribution in [-0.4, -0.2) is 0 Å². The number of rotatable bonds is 3. The van der Waals surface area contributed by atoms with Gasteiger partial charge in [0, 0.05) is 33.2 Å². The highest BCUT2D eigenvalue weighted by molar-refractivity contribution is 6.20. The fourth-order valence-electron chi connectivity index (χ4n) is 8.09. The molecule has 9 aromatic rings. The van der Waals surface area contributed by atoms with Crippen LogP contribution in [-0.2, 0) is 5.41 Å². The molecule has 0 bridgehead atoms. The lowest BCUT2D eigenvalue weighted by Crippen LogP contribution is -2.16. The van der Waals surface area contributed by atoms with Gasteiger partial charge in [0.05, 0.1) is 0 Å². The van der Waals surface area contributed by atoms with Crippen molar-refractivity contribution in [2.24, 2.45) is 0 Å². The Bertz CT molecular complexity index is 2730. The summed E-state index contributed by atoms with van der Waals surface area (Å²) in [4.78, 5) is 2.41. The number of furan rings is 1. The normalized spacial score (nSPS) is 13.5. The predicted molar refractivity (Wildman–Crippen MR) is 198 cm³/mol. The molecule has 8 aromatic carbocycles. The van der Waals surface area contributed by atoms with E-state index in [1.54, 1.807) is 0 Å². The van der Waals surface area contributed by atoms with Crippen LogP contribution in [0.15, 0.2) is 156 Å². The molecule has 222 valence electrons. The second kappa shape index (κ2) is 9.57. The number of nitrogens with zero attached hydrogens (tertiary/aromatic N) is 1. The van der Waals surface area contributed by atoms with Crippen molar-refractivity contribution in [1.82, 2.24) is 0 Å². The van der Waals surface area contributed by atoms with Crippen LogP contribution < -0.4 is 4.90 Å². The average molecular weight is 602 g/mol. The molecule has 0 atom stereocenters. The number of anilines is 3. The highest BCUT2D eigenvalue weighted by atomic mass is 16.3. The SMILES string of the molecule is CC1(C)c2ccccc2-c2ccc(N(c3ccc4c(ccc5ccc6ccccc6c54)c3)c3ccc4oc5ccccc5c4c3)cc21. The van der Waals surface area contributed by atoms with Gasteiger partial charge < -0.3 is 9.32 Å². The first-order valence-electron chi connectivity index (χ1n) is 16.3. The van der Waals surface area contributed by atoms with Gasteiger partial charge in [-0.05, 0) is 103 Å². The number of fused-ring (bicyclic) bond motifs is 11. The van der Waals surface area contributed by atoms with Gasteiger partial charge in [-0.25, -0.2) is 0 Å². The lowest BCUT2D eigenvalue weighted by atomic mass is 9.82. The van der Waals surface area contributed by atoms with Gasteiger partial charge in [-0.1, -0.05) is 117 Å². The van der Waals surface area contributed by atoms with Crippen molar-refractivity contribution < 1.29 is 4.42 Å². The van der Waals surface area contributed by atoms with E-state index in [1.807, 2.05) is 12.1 Å². The van der Waals surface area contributed by atoms with E-state index in [4.69, 9.17) is 4.42 Å². The Morgan fingerprint density at radius 3 is 1.96 bits per heavy atom. The first-order chi connectivity index (χ1) is 23.0. The van der Waals surface area contributed by atoms with Crippen LogP contribution in [0.4, 0.5) is 17.1 Å². The van der Waals surface area contributed by atoms with Gasteiger partial charge in [-0.3, -0.25) is 0 Å². The van der Waals surface area contributed by atoms with Crippen molar-refractivity contribution in [3.8, 4) is 11.1 Å². The second-order valence-electron chi connectivity index (χ2n) is 13.4. The van der Waals surface area contributed by atoms with E-state index in [-0.39, 0.29) is 5.41 Å². The fourth-order valence-corrected chi connectivity index (χ4v) is 8.09. The largest absolute Gasteiger partial charge is 0.456 e. The van der Waals surface area contributed by atoms with Crippen LogP contribution in [0, 0.1) is 0 Å². The Morgan fingerprint density at radius 1 is 0.426 bits per heavy atom. The Balaban J connectivity index is 1.22. The van der Waals surface area contributed by atoms with E-state index in [1.165, 1.54) is 54.6 Å². The molecule has 47 heavy (non-hydrogen) atoms. The van der Waals surface area contributed by atoms with Gasteiger partial charge in [0.2, 0.25) is 0 Å². The molecule has 0 amide bonds. The number of hydrogen-bond donors (Lipinski definition) is 0. The first kappa shape index (κ1) is 26.4. The zero-order valence-electron chi connectivity index (χ0n) is 26.3. The molecule has 0 spiro atoms. The quantitative estimate of drug-likeness (QED) is 0.187. The summed E-state index contributed by atoms with van der Waals surface area (Å²) in [5.41, 5.74) is 10.5. The molecule has 0 fully saturated rings. The van der Waals surface area contributed by atoms with Gasteiger partial charge in [0.15, 0.2) is 0 Å². The molecule has 0 saturated carbocycles. The molecule has 0 radical (unpaired) electrons. The van der Waals surface area contributed by atoms with Crippen LogP contribution in [0.2, 0.25) is 0 Å². The lowest BCUT2D eigenvalue weighted by Gasteiger charge is -2.28. The summed E-state index contributed by atoms with van der Waals surface area (Å²) in [5.74, 6) is 0. The molecule has 0 aliphatic heterocycles. The average Bonchev–Trinajstić information content (AvgIpc) is 3.59. The third-order valence-corrected chi connectivity index (χ3v) is 10.4. The molecule has 1 aliphatic rings. The second-order valence-corrected chi connectivity index (χ2v) is 13.4. The van der Waals surface area contributed by atoms with E-state index >= 15 is 0 Å². The van der Waals surface area contributed by atoms with E-state index in [2.05, 4.69) is 158 Å². The van der Waals surface area contributed by atoms with Gasteiger partial charge in [-0.2, -0.15) is 0 Å². The molecule has 0 N–H and O–H groups in total. The van der Waals surface area contributed by atoms with Gasteiger partial charge in [0.1, 0.15) is 11.2 Å². The van der Waals surface area contributed by atoms with Gasteiger partial charge in [0.25, 0.3) is 0 Å². The molecule has 1 aromatic heterocycles. The summed E-state index contributed by atoms with van der Waals surface area (Å²) >= 11 is 0. The molecule has 2 heteroatoms. The Hall–Kier alpha value is -5.86. The summed E-state index contributed by atoms with van der Waals surface area (Å²) in [6, 6.07) is 55.4. The zero-order chi connectivity index (χ0) is 31.3. The molecule has 2 nitrogen and oxygen atoms in total. The highest BCUT2D eigenvalue weighted by Crippen LogP contribution is 2.51. The molecular formula is C45H31NO. The summed E-state index contributed by atoms with van der Waals surface area (Å²) in [5, 5.41) is 9.87. The van der Waals surface area contributed by atoms with Crippen molar-refractivity contribution in [1.29, 1.82) is 0 Å². The minimum atomic E-state index is -0.0956. The van der Waals surface area contributed by atoms with Gasteiger partial charge >= 0.3 is 0 Å². The maximum absolute atomic E-state index is 6.24. The minimum absolute atomic E-state index is 0.0956. The van der Waals surface area contributed by atoms with Crippen LogP contribution in [0.1, 0.15) is 25.0 Å². The van der Waals surface area contributed by atoms with E-state index in [0.29, 0.717) is 0 Å². The van der Waals surface area contributed by atoms with Crippen molar-refractivity contribution in [3.63, 3.8) is 0 Å². The number of para-hydroxylation sites is 1. The summed E-state index contributed by atoms with van der Waals surface area (Å²) in [7, 11) is 0. The Morgan fingerprint density at radius 2 is 1.04 bits per heavy atom. The highest BCUT2D eigenvalue weighted by Gasteiger charge is 2.35.